The van der Waals surface area contributed by atoms with Crippen LogP contribution >= 0.6 is 0 Å². The number of hydrogen-bond acceptors (Lipinski definition) is 4. The van der Waals surface area contributed by atoms with Crippen LogP contribution in [-0.4, -0.2) is 73.8 Å². The standard InChI is InChI=1S/C19H27N3O4/c1-21-12-17(26-14-18(21)23)11-20-19(24)22-9-7-16(8-10-22)25-13-15-5-3-2-4-6-15/h2-6,16-17H,7-14H2,1H3,(H,20,24). The smallest absolute Gasteiger partial charge is 0.317 e. The molecule has 3 rings (SSSR count). The van der Waals surface area contributed by atoms with Crippen LogP contribution in [0, 0.1) is 0 Å². The van der Waals surface area contributed by atoms with E-state index >= 15 is 0 Å². The van der Waals surface area contributed by atoms with Crippen LogP contribution in [-0.2, 0) is 20.9 Å². The van der Waals surface area contributed by atoms with Crippen molar-refractivity contribution in [2.75, 3.05) is 39.8 Å². The van der Waals surface area contributed by atoms with E-state index in [0.29, 0.717) is 32.8 Å². The lowest BCUT2D eigenvalue weighted by Gasteiger charge is -2.33. The van der Waals surface area contributed by atoms with Gasteiger partial charge in [0.25, 0.3) is 0 Å². The molecule has 7 nitrogen and oxygen atoms in total. The number of morpholine rings is 1. The number of hydrogen-bond donors (Lipinski definition) is 1. The number of carbonyl (C=O) groups excluding carboxylic acids is 2. The summed E-state index contributed by atoms with van der Waals surface area (Å²) in [5.74, 6) is -0.0230. The molecule has 1 atom stereocenters. The van der Waals surface area contributed by atoms with Gasteiger partial charge in [0.05, 0.1) is 18.8 Å². The van der Waals surface area contributed by atoms with Gasteiger partial charge in [-0.1, -0.05) is 30.3 Å². The predicted octanol–water partition coefficient (Wildman–Crippen LogP) is 1.23. The van der Waals surface area contributed by atoms with Gasteiger partial charge in [-0.05, 0) is 18.4 Å². The summed E-state index contributed by atoms with van der Waals surface area (Å²) in [6.07, 6.45) is 1.74. The van der Waals surface area contributed by atoms with Gasteiger partial charge in [0.1, 0.15) is 6.61 Å². The number of amides is 3. The lowest BCUT2D eigenvalue weighted by Crippen LogP contribution is -2.52. The number of likely N-dealkylation sites (tertiary alicyclic amines) is 1. The number of nitrogens with zero attached hydrogens (tertiary/aromatic N) is 2. The first-order valence-electron chi connectivity index (χ1n) is 9.15. The topological polar surface area (TPSA) is 71.1 Å². The highest BCUT2D eigenvalue weighted by molar-refractivity contribution is 5.78. The van der Waals surface area contributed by atoms with Crippen molar-refractivity contribution in [3.8, 4) is 0 Å². The zero-order valence-corrected chi connectivity index (χ0v) is 15.2. The maximum Gasteiger partial charge on any atom is 0.317 e. The zero-order valence-electron chi connectivity index (χ0n) is 15.2. The van der Waals surface area contributed by atoms with Gasteiger partial charge in [-0.15, -0.1) is 0 Å². The largest absolute Gasteiger partial charge is 0.373 e. The molecule has 2 aliphatic rings. The minimum atomic E-state index is -0.145. The van der Waals surface area contributed by atoms with E-state index in [1.807, 2.05) is 23.1 Å². The summed E-state index contributed by atoms with van der Waals surface area (Å²) >= 11 is 0. The molecule has 0 spiro atoms. The van der Waals surface area contributed by atoms with Crippen LogP contribution in [0.25, 0.3) is 0 Å². The number of ether oxygens (including phenoxy) is 2. The van der Waals surface area contributed by atoms with E-state index in [0.717, 1.165) is 12.8 Å². The second-order valence-corrected chi connectivity index (χ2v) is 6.88. The van der Waals surface area contributed by atoms with E-state index in [2.05, 4.69) is 17.4 Å². The number of urea groups is 1. The van der Waals surface area contributed by atoms with Gasteiger partial charge in [0.15, 0.2) is 0 Å². The molecule has 1 N–H and O–H groups in total. The van der Waals surface area contributed by atoms with Crippen LogP contribution in [0.4, 0.5) is 4.79 Å². The maximum absolute atomic E-state index is 12.3. The van der Waals surface area contributed by atoms with Crippen LogP contribution in [0.1, 0.15) is 18.4 Å². The molecular formula is C19H27N3O4. The molecule has 7 heteroatoms. The lowest BCUT2D eigenvalue weighted by atomic mass is 10.1. The van der Waals surface area contributed by atoms with Crippen LogP contribution in [0.5, 0.6) is 0 Å². The molecule has 0 saturated carbocycles. The predicted molar refractivity (Wildman–Crippen MR) is 96.6 cm³/mol. The van der Waals surface area contributed by atoms with Gasteiger partial charge in [-0.2, -0.15) is 0 Å². The second kappa shape index (κ2) is 9.00. The highest BCUT2D eigenvalue weighted by Crippen LogP contribution is 2.16. The van der Waals surface area contributed by atoms with Crippen LogP contribution < -0.4 is 5.32 Å². The molecule has 0 aromatic heterocycles. The van der Waals surface area contributed by atoms with Crippen molar-refractivity contribution < 1.29 is 19.1 Å². The first-order chi connectivity index (χ1) is 12.6. The van der Waals surface area contributed by atoms with E-state index in [-0.39, 0.29) is 30.8 Å². The Morgan fingerprint density at radius 1 is 1.27 bits per heavy atom. The molecule has 26 heavy (non-hydrogen) atoms. The third-order valence-electron chi connectivity index (χ3n) is 4.88. The summed E-state index contributed by atoms with van der Waals surface area (Å²) in [5, 5.41) is 2.91. The summed E-state index contributed by atoms with van der Waals surface area (Å²) in [5.41, 5.74) is 1.17. The molecule has 2 saturated heterocycles. The molecule has 3 amide bonds. The zero-order chi connectivity index (χ0) is 18.4. The summed E-state index contributed by atoms with van der Waals surface area (Å²) in [4.78, 5) is 27.2. The van der Waals surface area contributed by atoms with Gasteiger partial charge in [-0.3, -0.25) is 4.79 Å². The normalized spacial score (nSPS) is 21.7. The first kappa shape index (κ1) is 18.7. The number of nitrogens with one attached hydrogen (secondary N) is 1. The van der Waals surface area contributed by atoms with E-state index in [1.54, 1.807) is 11.9 Å². The number of rotatable bonds is 5. The Morgan fingerprint density at radius 2 is 2.00 bits per heavy atom. The summed E-state index contributed by atoms with van der Waals surface area (Å²) < 4.78 is 11.4. The highest BCUT2D eigenvalue weighted by Gasteiger charge is 2.26. The van der Waals surface area contributed by atoms with Crippen molar-refractivity contribution in [1.82, 2.24) is 15.1 Å². The summed E-state index contributed by atoms with van der Waals surface area (Å²) in [6.45, 7) is 3.00. The van der Waals surface area contributed by atoms with Crippen LogP contribution in [0.15, 0.2) is 30.3 Å². The fourth-order valence-electron chi connectivity index (χ4n) is 3.21. The molecule has 0 bridgehead atoms. The molecule has 2 fully saturated rings. The minimum absolute atomic E-state index is 0.0230. The van der Waals surface area contributed by atoms with Gasteiger partial charge in [0, 0.05) is 33.2 Å². The molecule has 0 aliphatic carbocycles. The fourth-order valence-corrected chi connectivity index (χ4v) is 3.21. The Balaban J connectivity index is 1.34. The molecule has 2 heterocycles. The first-order valence-corrected chi connectivity index (χ1v) is 9.15. The average molecular weight is 361 g/mol. The molecule has 1 unspecified atom stereocenters. The third kappa shape index (κ3) is 5.19. The number of carbonyl (C=O) groups is 2. The highest BCUT2D eigenvalue weighted by atomic mass is 16.5. The average Bonchev–Trinajstić information content (AvgIpc) is 2.68. The Bertz CT molecular complexity index is 602. The van der Waals surface area contributed by atoms with Crippen LogP contribution in [0.2, 0.25) is 0 Å². The van der Waals surface area contributed by atoms with Crippen molar-refractivity contribution in [3.05, 3.63) is 35.9 Å². The Labute approximate surface area is 154 Å². The van der Waals surface area contributed by atoms with Crippen molar-refractivity contribution in [2.24, 2.45) is 0 Å². The summed E-state index contributed by atoms with van der Waals surface area (Å²) in [7, 11) is 1.75. The Morgan fingerprint density at radius 3 is 2.69 bits per heavy atom. The van der Waals surface area contributed by atoms with E-state index in [1.165, 1.54) is 5.56 Å². The number of benzene rings is 1. The molecule has 142 valence electrons. The van der Waals surface area contributed by atoms with Crippen molar-refractivity contribution in [1.29, 1.82) is 0 Å². The van der Waals surface area contributed by atoms with Crippen molar-refractivity contribution >= 4 is 11.9 Å². The molecule has 1 aromatic rings. The SMILES string of the molecule is CN1CC(CNC(=O)N2CCC(OCc3ccccc3)CC2)OCC1=O. The number of piperidine rings is 1. The third-order valence-corrected chi connectivity index (χ3v) is 4.88. The maximum atomic E-state index is 12.3. The fraction of sp³-hybridized carbons (Fsp3) is 0.579. The van der Waals surface area contributed by atoms with Crippen LogP contribution in [0.3, 0.4) is 0 Å². The van der Waals surface area contributed by atoms with E-state index < -0.39 is 0 Å². The van der Waals surface area contributed by atoms with E-state index in [9.17, 15) is 9.59 Å². The Kier molecular flexibility index (Phi) is 6.46. The quantitative estimate of drug-likeness (QED) is 0.856. The van der Waals surface area contributed by atoms with Crippen molar-refractivity contribution in [2.45, 2.75) is 31.7 Å². The minimum Gasteiger partial charge on any atom is -0.373 e. The van der Waals surface area contributed by atoms with Gasteiger partial charge >= 0.3 is 6.03 Å². The van der Waals surface area contributed by atoms with Gasteiger partial charge < -0.3 is 24.6 Å². The number of likely N-dealkylation sites (N-methyl/N-ethyl adjacent to an activating group) is 1. The second-order valence-electron chi connectivity index (χ2n) is 6.88. The van der Waals surface area contributed by atoms with Gasteiger partial charge in [-0.25, -0.2) is 4.79 Å². The molecule has 1 aromatic carbocycles. The summed E-state index contributed by atoms with van der Waals surface area (Å²) in [6, 6.07) is 10.1. The Hall–Kier alpha value is -2.12. The molecular weight excluding hydrogens is 334 g/mol. The van der Waals surface area contributed by atoms with E-state index in [4.69, 9.17) is 9.47 Å². The lowest BCUT2D eigenvalue weighted by molar-refractivity contribution is -0.146. The molecule has 2 aliphatic heterocycles. The van der Waals surface area contributed by atoms with Crippen molar-refractivity contribution in [3.63, 3.8) is 0 Å². The molecule has 0 radical (unpaired) electrons. The monoisotopic (exact) mass is 361 g/mol. The van der Waals surface area contributed by atoms with Gasteiger partial charge in [0.2, 0.25) is 5.91 Å².